The Bertz CT molecular complexity index is 229. The molecule has 0 aliphatic heterocycles. The van der Waals surface area contributed by atoms with Gasteiger partial charge in [0.2, 0.25) is 0 Å². The van der Waals surface area contributed by atoms with Crippen LogP contribution in [-0.2, 0) is 4.79 Å². The highest BCUT2D eigenvalue weighted by molar-refractivity contribution is 5.68. The Balaban J connectivity index is 2.12. The van der Waals surface area contributed by atoms with Crippen molar-refractivity contribution in [2.75, 3.05) is 6.54 Å². The van der Waals surface area contributed by atoms with Gasteiger partial charge >= 0.3 is 5.97 Å². The zero-order chi connectivity index (χ0) is 9.47. The number of hydrogen-bond donors (Lipinski definition) is 2. The van der Waals surface area contributed by atoms with Crippen molar-refractivity contribution in [2.45, 2.75) is 32.1 Å². The zero-order valence-corrected chi connectivity index (χ0v) is 7.83. The van der Waals surface area contributed by atoms with Crippen molar-refractivity contribution < 1.29 is 9.90 Å². The van der Waals surface area contributed by atoms with Gasteiger partial charge in [0.25, 0.3) is 0 Å². The van der Waals surface area contributed by atoms with E-state index in [1.807, 2.05) is 0 Å². The lowest BCUT2D eigenvalue weighted by molar-refractivity contribution is -0.140. The fraction of sp³-hybridized carbons (Fsp3) is 0.900. The highest BCUT2D eigenvalue weighted by Crippen LogP contribution is 2.56. The summed E-state index contributed by atoms with van der Waals surface area (Å²) >= 11 is 0. The van der Waals surface area contributed by atoms with Crippen LogP contribution in [0.4, 0.5) is 0 Å². The van der Waals surface area contributed by atoms with E-state index in [0.29, 0.717) is 12.5 Å². The van der Waals surface area contributed by atoms with Crippen LogP contribution in [0.1, 0.15) is 32.1 Å². The van der Waals surface area contributed by atoms with Crippen LogP contribution in [0, 0.1) is 17.3 Å². The normalized spacial score (nSPS) is 42.5. The predicted molar refractivity (Wildman–Crippen MR) is 49.2 cm³/mol. The molecule has 3 nitrogen and oxygen atoms in total. The molecule has 3 atom stereocenters. The fourth-order valence-electron chi connectivity index (χ4n) is 3.40. The molecule has 0 radical (unpaired) electrons. The second kappa shape index (κ2) is 2.98. The van der Waals surface area contributed by atoms with E-state index < -0.39 is 5.97 Å². The quantitative estimate of drug-likeness (QED) is 0.691. The maximum atomic E-state index is 10.7. The molecule has 0 amide bonds. The van der Waals surface area contributed by atoms with Crippen LogP contribution in [-0.4, -0.2) is 17.6 Å². The number of carboxylic acids is 1. The molecule has 2 aliphatic rings. The van der Waals surface area contributed by atoms with E-state index in [1.165, 1.54) is 19.3 Å². The molecule has 0 heterocycles. The summed E-state index contributed by atoms with van der Waals surface area (Å²) in [7, 11) is 0. The van der Waals surface area contributed by atoms with Gasteiger partial charge in [0.1, 0.15) is 0 Å². The number of carboxylic acid groups (broad SMARTS) is 1. The van der Waals surface area contributed by atoms with E-state index in [-0.39, 0.29) is 11.8 Å². The third-order valence-electron chi connectivity index (χ3n) is 4.01. The first-order valence-corrected chi connectivity index (χ1v) is 5.08. The minimum Gasteiger partial charge on any atom is -0.481 e. The Kier molecular flexibility index (Phi) is 2.06. The minimum atomic E-state index is -0.682. The topological polar surface area (TPSA) is 63.3 Å². The predicted octanol–water partition coefficient (Wildman–Crippen LogP) is 1.23. The van der Waals surface area contributed by atoms with Crippen LogP contribution < -0.4 is 5.73 Å². The summed E-state index contributed by atoms with van der Waals surface area (Å²) < 4.78 is 0. The number of hydrogen-bond acceptors (Lipinski definition) is 2. The highest BCUT2D eigenvalue weighted by Gasteiger charge is 2.50. The van der Waals surface area contributed by atoms with Crippen LogP contribution >= 0.6 is 0 Å². The average molecular weight is 183 g/mol. The Labute approximate surface area is 78.3 Å². The molecule has 74 valence electrons. The summed E-state index contributed by atoms with van der Waals surface area (Å²) in [6.07, 6.45) is 5.07. The van der Waals surface area contributed by atoms with Crippen LogP contribution in [0.15, 0.2) is 0 Å². The molecule has 2 saturated carbocycles. The Morgan fingerprint density at radius 3 is 2.69 bits per heavy atom. The SMILES string of the molecule is NC[C@@]1(CC(=O)O)C[C@H]2CC[C@H]1C2. The number of rotatable bonds is 3. The van der Waals surface area contributed by atoms with Crippen molar-refractivity contribution >= 4 is 5.97 Å². The summed E-state index contributed by atoms with van der Waals surface area (Å²) in [6.45, 7) is 0.556. The average Bonchev–Trinajstić information content (AvgIpc) is 2.62. The molecule has 13 heavy (non-hydrogen) atoms. The second-order valence-corrected chi connectivity index (χ2v) is 4.72. The number of fused-ring (bicyclic) bond motifs is 2. The summed E-state index contributed by atoms with van der Waals surface area (Å²) in [5.74, 6) is 0.685. The van der Waals surface area contributed by atoms with Gasteiger partial charge in [-0.1, -0.05) is 6.42 Å². The largest absolute Gasteiger partial charge is 0.481 e. The van der Waals surface area contributed by atoms with Crippen LogP contribution in [0.5, 0.6) is 0 Å². The van der Waals surface area contributed by atoms with Crippen molar-refractivity contribution in [1.82, 2.24) is 0 Å². The summed E-state index contributed by atoms with van der Waals surface area (Å²) in [5.41, 5.74) is 5.69. The number of nitrogens with two attached hydrogens (primary N) is 1. The molecule has 2 aliphatic carbocycles. The molecular weight excluding hydrogens is 166 g/mol. The fourth-order valence-corrected chi connectivity index (χ4v) is 3.40. The first-order valence-electron chi connectivity index (χ1n) is 5.08. The van der Waals surface area contributed by atoms with Gasteiger partial charge in [-0.25, -0.2) is 0 Å². The third kappa shape index (κ3) is 1.35. The van der Waals surface area contributed by atoms with Gasteiger partial charge in [-0.3, -0.25) is 4.79 Å². The lowest BCUT2D eigenvalue weighted by Crippen LogP contribution is -2.37. The van der Waals surface area contributed by atoms with Gasteiger partial charge in [0.15, 0.2) is 0 Å². The van der Waals surface area contributed by atoms with Gasteiger partial charge in [-0.15, -0.1) is 0 Å². The first kappa shape index (κ1) is 9.00. The maximum Gasteiger partial charge on any atom is 0.303 e. The Morgan fingerprint density at radius 2 is 2.31 bits per heavy atom. The lowest BCUT2D eigenvalue weighted by atomic mass is 9.71. The van der Waals surface area contributed by atoms with E-state index in [2.05, 4.69) is 0 Å². The van der Waals surface area contributed by atoms with E-state index in [0.717, 1.165) is 12.3 Å². The Morgan fingerprint density at radius 1 is 1.54 bits per heavy atom. The van der Waals surface area contributed by atoms with Gasteiger partial charge < -0.3 is 10.8 Å². The molecular formula is C10H17NO2. The van der Waals surface area contributed by atoms with E-state index in [9.17, 15) is 4.79 Å². The molecule has 0 aromatic heterocycles. The number of carbonyl (C=O) groups is 1. The Hall–Kier alpha value is -0.570. The molecule has 2 rings (SSSR count). The van der Waals surface area contributed by atoms with E-state index in [4.69, 9.17) is 10.8 Å². The van der Waals surface area contributed by atoms with Gasteiger partial charge in [0.05, 0.1) is 6.42 Å². The maximum absolute atomic E-state index is 10.7. The van der Waals surface area contributed by atoms with Crippen molar-refractivity contribution in [3.63, 3.8) is 0 Å². The van der Waals surface area contributed by atoms with Gasteiger partial charge in [-0.05, 0) is 43.1 Å². The molecule has 0 aromatic rings. The summed E-state index contributed by atoms with van der Waals surface area (Å²) in [6, 6.07) is 0. The molecule has 2 fully saturated rings. The van der Waals surface area contributed by atoms with Gasteiger partial charge in [-0.2, -0.15) is 0 Å². The van der Waals surface area contributed by atoms with Crippen molar-refractivity contribution in [3.05, 3.63) is 0 Å². The van der Waals surface area contributed by atoms with Gasteiger partial charge in [0, 0.05) is 0 Å². The van der Waals surface area contributed by atoms with Crippen molar-refractivity contribution in [2.24, 2.45) is 23.0 Å². The van der Waals surface area contributed by atoms with Crippen molar-refractivity contribution in [1.29, 1.82) is 0 Å². The molecule has 3 heteroatoms. The van der Waals surface area contributed by atoms with E-state index >= 15 is 0 Å². The molecule has 0 unspecified atom stereocenters. The highest BCUT2D eigenvalue weighted by atomic mass is 16.4. The number of aliphatic carboxylic acids is 1. The smallest absolute Gasteiger partial charge is 0.303 e. The van der Waals surface area contributed by atoms with Crippen LogP contribution in [0.2, 0.25) is 0 Å². The molecule has 0 aromatic carbocycles. The monoisotopic (exact) mass is 183 g/mol. The van der Waals surface area contributed by atoms with E-state index in [1.54, 1.807) is 0 Å². The van der Waals surface area contributed by atoms with Crippen LogP contribution in [0.25, 0.3) is 0 Å². The van der Waals surface area contributed by atoms with Crippen molar-refractivity contribution in [3.8, 4) is 0 Å². The summed E-state index contributed by atoms with van der Waals surface area (Å²) in [5, 5.41) is 8.84. The zero-order valence-electron chi connectivity index (χ0n) is 7.83. The lowest BCUT2D eigenvalue weighted by Gasteiger charge is -2.35. The minimum absolute atomic E-state index is 0.0469. The second-order valence-electron chi connectivity index (χ2n) is 4.72. The first-order chi connectivity index (χ1) is 6.16. The third-order valence-corrected chi connectivity index (χ3v) is 4.01. The molecule has 0 spiro atoms. The summed E-state index contributed by atoms with van der Waals surface area (Å²) in [4.78, 5) is 10.7. The molecule has 2 bridgehead atoms. The van der Waals surface area contributed by atoms with Crippen LogP contribution in [0.3, 0.4) is 0 Å². The molecule has 0 saturated heterocycles. The standard InChI is InChI=1S/C10H17NO2/c11-6-10(5-9(12)13)4-7-1-2-8(10)3-7/h7-8H,1-6,11H2,(H,12,13)/t7-,8-,10-/m0/s1. The molecule has 3 N–H and O–H groups in total.